The number of nitrogens with zero attached hydrogens (tertiary/aromatic N) is 1. The second kappa shape index (κ2) is 10.8. The van der Waals surface area contributed by atoms with Crippen LogP contribution in [0.1, 0.15) is 38.3 Å². The van der Waals surface area contributed by atoms with Crippen molar-refractivity contribution in [2.45, 2.75) is 52.7 Å². The summed E-state index contributed by atoms with van der Waals surface area (Å²) >= 11 is 0. The van der Waals surface area contributed by atoms with Gasteiger partial charge in [0.25, 0.3) is 5.91 Å². The molecule has 2 amide bonds. The smallest absolute Gasteiger partial charge is 0.261 e. The predicted octanol–water partition coefficient (Wildman–Crippen LogP) is 4.86. The molecule has 0 spiro atoms. The Kier molecular flexibility index (Phi) is 7.87. The van der Waals surface area contributed by atoms with Gasteiger partial charge in [-0.05, 0) is 44.2 Å². The Morgan fingerprint density at radius 2 is 1.72 bits per heavy atom. The van der Waals surface area contributed by atoms with Crippen molar-refractivity contribution >= 4 is 22.6 Å². The summed E-state index contributed by atoms with van der Waals surface area (Å²) in [4.78, 5) is 27.7. The number of nitrogens with one attached hydrogen (secondary N) is 1. The van der Waals surface area contributed by atoms with Gasteiger partial charge in [0.05, 0.1) is 0 Å². The zero-order chi connectivity index (χ0) is 23.1. The van der Waals surface area contributed by atoms with Crippen molar-refractivity contribution in [3.8, 4) is 5.75 Å². The molecule has 3 aromatic carbocycles. The summed E-state index contributed by atoms with van der Waals surface area (Å²) in [6.45, 7) is 7.96. The number of hydrogen-bond acceptors (Lipinski definition) is 3. The Bertz CT molecular complexity index is 1070. The fourth-order valence-corrected chi connectivity index (χ4v) is 3.60. The van der Waals surface area contributed by atoms with Gasteiger partial charge in [-0.2, -0.15) is 0 Å². The summed E-state index contributed by atoms with van der Waals surface area (Å²) in [7, 11) is 0. The maximum Gasteiger partial charge on any atom is 0.261 e. The number of carbonyl (C=O) groups excluding carboxylic acids is 2. The minimum atomic E-state index is -0.617. The van der Waals surface area contributed by atoms with Crippen LogP contribution in [0.4, 0.5) is 0 Å². The van der Waals surface area contributed by atoms with E-state index in [0.717, 1.165) is 28.3 Å². The number of rotatable bonds is 9. The minimum absolute atomic E-state index is 0.0489. The number of fused-ring (bicyclic) bond motifs is 1. The van der Waals surface area contributed by atoms with Gasteiger partial charge in [0.1, 0.15) is 11.8 Å². The standard InChI is InChI=1S/C27H32N2O3/c1-5-20(3)28-27(31)21(4)29(17-22-11-8-10-19(2)16-22)26(30)18-32-25-15-9-13-23-12-6-7-14-24(23)25/h6-16,20-21H,5,17-18H2,1-4H3,(H,28,31)/t20-,21+/m0/s1. The SMILES string of the molecule is CC[C@H](C)NC(=O)[C@@H](C)N(Cc1cccc(C)c1)C(=O)COc1cccc2ccccc12. The molecular formula is C27H32N2O3. The monoisotopic (exact) mass is 432 g/mol. The molecule has 0 saturated heterocycles. The summed E-state index contributed by atoms with van der Waals surface area (Å²) in [5.41, 5.74) is 2.09. The van der Waals surface area contributed by atoms with Crippen LogP contribution < -0.4 is 10.1 Å². The van der Waals surface area contributed by atoms with E-state index in [1.54, 1.807) is 11.8 Å². The molecule has 0 bridgehead atoms. The third-order valence-corrected chi connectivity index (χ3v) is 5.70. The molecule has 0 heterocycles. The second-order valence-electron chi connectivity index (χ2n) is 8.27. The second-order valence-corrected chi connectivity index (χ2v) is 8.27. The maximum atomic E-state index is 13.3. The van der Waals surface area contributed by atoms with Crippen LogP contribution in [-0.4, -0.2) is 35.4 Å². The minimum Gasteiger partial charge on any atom is -0.483 e. The fourth-order valence-electron chi connectivity index (χ4n) is 3.60. The zero-order valence-corrected chi connectivity index (χ0v) is 19.3. The van der Waals surface area contributed by atoms with Crippen LogP contribution in [0.25, 0.3) is 10.8 Å². The first-order valence-corrected chi connectivity index (χ1v) is 11.1. The highest BCUT2D eigenvalue weighted by atomic mass is 16.5. The van der Waals surface area contributed by atoms with E-state index in [-0.39, 0.29) is 24.5 Å². The average molecular weight is 433 g/mol. The molecule has 0 aliphatic carbocycles. The van der Waals surface area contributed by atoms with Crippen molar-refractivity contribution in [2.24, 2.45) is 0 Å². The first-order chi connectivity index (χ1) is 15.4. The molecule has 5 heteroatoms. The number of ether oxygens (including phenoxy) is 1. The Balaban J connectivity index is 1.79. The highest BCUT2D eigenvalue weighted by Crippen LogP contribution is 2.25. The van der Waals surface area contributed by atoms with Crippen molar-refractivity contribution in [3.05, 3.63) is 77.9 Å². The Labute approximate surface area is 190 Å². The van der Waals surface area contributed by atoms with Gasteiger partial charge in [-0.25, -0.2) is 0 Å². The van der Waals surface area contributed by atoms with Crippen LogP contribution in [0.5, 0.6) is 5.75 Å². The van der Waals surface area contributed by atoms with Gasteiger partial charge in [-0.1, -0.05) is 73.2 Å². The molecule has 168 valence electrons. The van der Waals surface area contributed by atoms with Gasteiger partial charge >= 0.3 is 0 Å². The van der Waals surface area contributed by atoms with E-state index in [1.807, 2.05) is 87.5 Å². The Morgan fingerprint density at radius 3 is 2.47 bits per heavy atom. The van der Waals surface area contributed by atoms with Crippen molar-refractivity contribution in [3.63, 3.8) is 0 Å². The quantitative estimate of drug-likeness (QED) is 0.525. The molecular weight excluding hydrogens is 400 g/mol. The first kappa shape index (κ1) is 23.3. The van der Waals surface area contributed by atoms with Crippen LogP contribution in [-0.2, 0) is 16.1 Å². The van der Waals surface area contributed by atoms with Gasteiger partial charge < -0.3 is 15.0 Å². The van der Waals surface area contributed by atoms with Gasteiger partial charge in [0, 0.05) is 18.0 Å². The Hall–Kier alpha value is -3.34. The van der Waals surface area contributed by atoms with E-state index in [9.17, 15) is 9.59 Å². The summed E-state index contributed by atoms with van der Waals surface area (Å²) in [6, 6.07) is 21.1. The lowest BCUT2D eigenvalue weighted by molar-refractivity contribution is -0.142. The lowest BCUT2D eigenvalue weighted by Gasteiger charge is -2.29. The molecule has 0 aliphatic heterocycles. The lowest BCUT2D eigenvalue weighted by Crippen LogP contribution is -2.50. The van der Waals surface area contributed by atoms with Crippen LogP contribution in [0.2, 0.25) is 0 Å². The predicted molar refractivity (Wildman–Crippen MR) is 129 cm³/mol. The summed E-state index contributed by atoms with van der Waals surface area (Å²) in [5, 5.41) is 4.99. The number of benzene rings is 3. The zero-order valence-electron chi connectivity index (χ0n) is 19.3. The molecule has 32 heavy (non-hydrogen) atoms. The van der Waals surface area contributed by atoms with Crippen LogP contribution in [0.3, 0.4) is 0 Å². The number of amides is 2. The first-order valence-electron chi connectivity index (χ1n) is 11.1. The number of carbonyl (C=O) groups is 2. The molecule has 0 saturated carbocycles. The maximum absolute atomic E-state index is 13.3. The molecule has 3 aromatic rings. The summed E-state index contributed by atoms with van der Waals surface area (Å²) < 4.78 is 5.93. The highest BCUT2D eigenvalue weighted by Gasteiger charge is 2.27. The number of hydrogen-bond donors (Lipinski definition) is 1. The van der Waals surface area contributed by atoms with E-state index in [1.165, 1.54) is 0 Å². The Morgan fingerprint density at radius 1 is 1.00 bits per heavy atom. The van der Waals surface area contributed by atoms with Crippen molar-refractivity contribution in [1.82, 2.24) is 10.2 Å². The largest absolute Gasteiger partial charge is 0.483 e. The van der Waals surface area contributed by atoms with E-state index in [2.05, 4.69) is 5.32 Å². The third kappa shape index (κ3) is 5.88. The van der Waals surface area contributed by atoms with Crippen molar-refractivity contribution < 1.29 is 14.3 Å². The molecule has 0 unspecified atom stereocenters. The van der Waals surface area contributed by atoms with Crippen LogP contribution in [0, 0.1) is 6.92 Å². The average Bonchev–Trinajstić information content (AvgIpc) is 2.80. The molecule has 2 atom stereocenters. The van der Waals surface area contributed by atoms with E-state index in [0.29, 0.717) is 12.3 Å². The van der Waals surface area contributed by atoms with E-state index in [4.69, 9.17) is 4.74 Å². The van der Waals surface area contributed by atoms with Crippen LogP contribution >= 0.6 is 0 Å². The van der Waals surface area contributed by atoms with Crippen molar-refractivity contribution in [1.29, 1.82) is 0 Å². The van der Waals surface area contributed by atoms with Crippen LogP contribution in [0.15, 0.2) is 66.7 Å². The molecule has 0 aromatic heterocycles. The van der Waals surface area contributed by atoms with E-state index >= 15 is 0 Å². The summed E-state index contributed by atoms with van der Waals surface area (Å²) in [5.74, 6) is 0.264. The van der Waals surface area contributed by atoms with Crippen molar-refractivity contribution in [2.75, 3.05) is 6.61 Å². The van der Waals surface area contributed by atoms with Gasteiger partial charge in [0.2, 0.25) is 5.91 Å². The molecule has 0 fully saturated rings. The topological polar surface area (TPSA) is 58.6 Å². The van der Waals surface area contributed by atoms with Gasteiger partial charge in [-0.3, -0.25) is 9.59 Å². The molecule has 0 aliphatic rings. The highest BCUT2D eigenvalue weighted by molar-refractivity contribution is 5.90. The third-order valence-electron chi connectivity index (χ3n) is 5.70. The lowest BCUT2D eigenvalue weighted by atomic mass is 10.1. The molecule has 5 nitrogen and oxygen atoms in total. The van der Waals surface area contributed by atoms with E-state index < -0.39 is 6.04 Å². The number of aryl methyl sites for hydroxylation is 1. The fraction of sp³-hybridized carbons (Fsp3) is 0.333. The summed E-state index contributed by atoms with van der Waals surface area (Å²) in [6.07, 6.45) is 0.828. The normalized spacial score (nSPS) is 12.8. The molecule has 1 N–H and O–H groups in total. The molecule has 3 rings (SSSR count). The van der Waals surface area contributed by atoms with Gasteiger partial charge in [-0.15, -0.1) is 0 Å². The van der Waals surface area contributed by atoms with Gasteiger partial charge in [0.15, 0.2) is 6.61 Å². The molecule has 0 radical (unpaired) electrons.